The van der Waals surface area contributed by atoms with Crippen LogP contribution in [-0.4, -0.2) is 7.05 Å². The second kappa shape index (κ2) is 5.48. The number of hydrogen-bond donors (Lipinski definition) is 1. The van der Waals surface area contributed by atoms with Crippen LogP contribution in [0.1, 0.15) is 35.1 Å². The molecule has 0 saturated carbocycles. The molecule has 0 spiro atoms. The molecule has 0 amide bonds. The van der Waals surface area contributed by atoms with Gasteiger partial charge in [0.15, 0.2) is 0 Å². The fourth-order valence-electron chi connectivity index (χ4n) is 3.02. The second-order valence-corrected chi connectivity index (χ2v) is 6.05. The largest absolute Gasteiger partial charge is 0.313 e. The molecule has 2 atom stereocenters. The van der Waals surface area contributed by atoms with E-state index in [9.17, 15) is 0 Å². The molecule has 2 aromatic carbocycles. The average Bonchev–Trinajstić information content (AvgIpc) is 2.42. The number of rotatable bonds is 4. The molecule has 98 valence electrons. The van der Waals surface area contributed by atoms with Gasteiger partial charge in [-0.2, -0.15) is 0 Å². The molecule has 1 aliphatic carbocycles. The zero-order chi connectivity index (χ0) is 13.2. The van der Waals surface area contributed by atoms with Crippen molar-refractivity contribution in [2.75, 3.05) is 7.05 Å². The van der Waals surface area contributed by atoms with E-state index in [-0.39, 0.29) is 0 Å². The molecular weight excluding hydrogens is 298 g/mol. The Morgan fingerprint density at radius 1 is 1.16 bits per heavy atom. The topological polar surface area (TPSA) is 12.0 Å². The van der Waals surface area contributed by atoms with Crippen molar-refractivity contribution in [1.29, 1.82) is 0 Å². The molecule has 1 nitrogen and oxygen atoms in total. The Morgan fingerprint density at radius 3 is 2.63 bits per heavy atom. The first-order chi connectivity index (χ1) is 9.29. The van der Waals surface area contributed by atoms with Gasteiger partial charge in [-0.25, -0.2) is 0 Å². The Hall–Kier alpha value is -1.12. The van der Waals surface area contributed by atoms with Gasteiger partial charge in [0, 0.05) is 10.5 Å². The molecule has 2 unspecified atom stereocenters. The fraction of sp³-hybridized carbons (Fsp3) is 0.294. The lowest BCUT2D eigenvalue weighted by molar-refractivity contribution is 0.451. The van der Waals surface area contributed by atoms with E-state index in [0.717, 1.165) is 6.42 Å². The second-order valence-electron chi connectivity index (χ2n) is 5.20. The van der Waals surface area contributed by atoms with Gasteiger partial charge < -0.3 is 5.32 Å². The van der Waals surface area contributed by atoms with Crippen molar-refractivity contribution in [2.24, 2.45) is 0 Å². The minimum Gasteiger partial charge on any atom is -0.313 e. The van der Waals surface area contributed by atoms with Crippen LogP contribution in [0.4, 0.5) is 0 Å². The third kappa shape index (κ3) is 2.47. The number of halogens is 1. The van der Waals surface area contributed by atoms with E-state index in [1.807, 2.05) is 0 Å². The fourth-order valence-corrected chi connectivity index (χ4v) is 3.58. The van der Waals surface area contributed by atoms with E-state index in [1.165, 1.54) is 27.6 Å². The molecule has 19 heavy (non-hydrogen) atoms. The van der Waals surface area contributed by atoms with Crippen LogP contribution in [0.15, 0.2) is 53.0 Å². The maximum Gasteiger partial charge on any atom is 0.0334 e. The molecule has 0 heterocycles. The van der Waals surface area contributed by atoms with Gasteiger partial charge in [0.25, 0.3) is 0 Å². The standard InChI is InChI=1S/C17H18BrN/c1-19-17(15-8-4-5-9-16(15)18)11-13-10-12-6-2-3-7-14(12)13/h2-9,13,17,19H,10-11H2,1H3. The Balaban J connectivity index is 1.78. The molecule has 0 bridgehead atoms. The number of fused-ring (bicyclic) bond motifs is 1. The normalized spacial score (nSPS) is 18.5. The first-order valence-electron chi connectivity index (χ1n) is 6.79. The van der Waals surface area contributed by atoms with Gasteiger partial charge in [-0.3, -0.25) is 0 Å². The van der Waals surface area contributed by atoms with Crippen molar-refractivity contribution in [3.05, 3.63) is 69.7 Å². The predicted octanol–water partition coefficient (Wildman–Crippen LogP) is 4.44. The summed E-state index contributed by atoms with van der Waals surface area (Å²) >= 11 is 3.66. The van der Waals surface area contributed by atoms with Gasteiger partial charge in [0.2, 0.25) is 0 Å². The Kier molecular flexibility index (Phi) is 3.72. The Morgan fingerprint density at radius 2 is 1.89 bits per heavy atom. The molecule has 0 aromatic heterocycles. The van der Waals surface area contributed by atoms with Gasteiger partial charge in [-0.05, 0) is 48.6 Å². The number of hydrogen-bond acceptors (Lipinski definition) is 1. The zero-order valence-corrected chi connectivity index (χ0v) is 12.7. The maximum absolute atomic E-state index is 3.66. The van der Waals surface area contributed by atoms with Crippen LogP contribution in [-0.2, 0) is 6.42 Å². The molecule has 3 rings (SSSR count). The van der Waals surface area contributed by atoms with Crippen LogP contribution in [0.25, 0.3) is 0 Å². The monoisotopic (exact) mass is 315 g/mol. The summed E-state index contributed by atoms with van der Waals surface area (Å²) in [5.74, 6) is 0.695. The SMILES string of the molecule is CNC(CC1Cc2ccccc21)c1ccccc1Br. The summed E-state index contributed by atoms with van der Waals surface area (Å²) in [6.45, 7) is 0. The Bertz CT molecular complexity index is 579. The summed E-state index contributed by atoms with van der Waals surface area (Å²) in [7, 11) is 2.05. The summed E-state index contributed by atoms with van der Waals surface area (Å²) in [4.78, 5) is 0. The van der Waals surface area contributed by atoms with Crippen molar-refractivity contribution in [3.8, 4) is 0 Å². The van der Waals surface area contributed by atoms with Gasteiger partial charge >= 0.3 is 0 Å². The van der Waals surface area contributed by atoms with E-state index < -0.39 is 0 Å². The van der Waals surface area contributed by atoms with Crippen LogP contribution in [0.3, 0.4) is 0 Å². The molecule has 0 radical (unpaired) electrons. The van der Waals surface area contributed by atoms with Gasteiger partial charge in [-0.1, -0.05) is 58.4 Å². The van der Waals surface area contributed by atoms with Crippen molar-refractivity contribution < 1.29 is 0 Å². The molecule has 0 aliphatic heterocycles. The summed E-state index contributed by atoms with van der Waals surface area (Å²) in [6, 6.07) is 17.7. The first-order valence-corrected chi connectivity index (χ1v) is 7.58. The highest BCUT2D eigenvalue weighted by molar-refractivity contribution is 9.10. The Labute approximate surface area is 123 Å². The molecule has 2 aromatic rings. The molecule has 0 saturated heterocycles. The van der Waals surface area contributed by atoms with E-state index in [4.69, 9.17) is 0 Å². The van der Waals surface area contributed by atoms with Gasteiger partial charge in [0.1, 0.15) is 0 Å². The minimum atomic E-state index is 0.411. The van der Waals surface area contributed by atoms with Crippen LogP contribution in [0.2, 0.25) is 0 Å². The number of benzene rings is 2. The van der Waals surface area contributed by atoms with Crippen molar-refractivity contribution in [2.45, 2.75) is 24.8 Å². The van der Waals surface area contributed by atoms with E-state index in [1.54, 1.807) is 0 Å². The van der Waals surface area contributed by atoms with Gasteiger partial charge in [-0.15, -0.1) is 0 Å². The summed E-state index contributed by atoms with van der Waals surface area (Å²) in [6.07, 6.45) is 2.38. The zero-order valence-electron chi connectivity index (χ0n) is 11.1. The highest BCUT2D eigenvalue weighted by atomic mass is 79.9. The summed E-state index contributed by atoms with van der Waals surface area (Å²) < 4.78 is 1.20. The van der Waals surface area contributed by atoms with Crippen LogP contribution in [0, 0.1) is 0 Å². The van der Waals surface area contributed by atoms with Crippen LogP contribution >= 0.6 is 15.9 Å². The molecule has 1 N–H and O–H groups in total. The highest BCUT2D eigenvalue weighted by Crippen LogP contribution is 2.41. The van der Waals surface area contributed by atoms with Crippen LogP contribution < -0.4 is 5.32 Å². The average molecular weight is 316 g/mol. The van der Waals surface area contributed by atoms with Crippen molar-refractivity contribution in [1.82, 2.24) is 5.32 Å². The molecular formula is C17H18BrN. The summed E-state index contributed by atoms with van der Waals surface area (Å²) in [5, 5.41) is 3.46. The third-order valence-electron chi connectivity index (χ3n) is 4.11. The van der Waals surface area contributed by atoms with Gasteiger partial charge in [0.05, 0.1) is 0 Å². The lowest BCUT2D eigenvalue weighted by Gasteiger charge is -2.33. The van der Waals surface area contributed by atoms with Crippen LogP contribution in [0.5, 0.6) is 0 Å². The lowest BCUT2D eigenvalue weighted by atomic mass is 9.74. The first kappa shape index (κ1) is 12.9. The van der Waals surface area contributed by atoms with E-state index >= 15 is 0 Å². The molecule has 2 heteroatoms. The molecule has 0 fully saturated rings. The highest BCUT2D eigenvalue weighted by Gasteiger charge is 2.28. The van der Waals surface area contributed by atoms with E-state index in [0.29, 0.717) is 12.0 Å². The summed E-state index contributed by atoms with van der Waals surface area (Å²) in [5.41, 5.74) is 4.42. The minimum absolute atomic E-state index is 0.411. The predicted molar refractivity (Wildman–Crippen MR) is 83.4 cm³/mol. The van der Waals surface area contributed by atoms with Crippen molar-refractivity contribution in [3.63, 3.8) is 0 Å². The quantitative estimate of drug-likeness (QED) is 0.879. The maximum atomic E-state index is 3.66. The molecule has 1 aliphatic rings. The van der Waals surface area contributed by atoms with Crippen molar-refractivity contribution >= 4 is 15.9 Å². The number of nitrogens with one attached hydrogen (secondary N) is 1. The third-order valence-corrected chi connectivity index (χ3v) is 4.83. The van der Waals surface area contributed by atoms with E-state index in [2.05, 4.69) is 76.8 Å². The lowest BCUT2D eigenvalue weighted by Crippen LogP contribution is -2.25. The smallest absolute Gasteiger partial charge is 0.0334 e.